The van der Waals surface area contributed by atoms with Gasteiger partial charge in [0.15, 0.2) is 0 Å². The van der Waals surface area contributed by atoms with Crippen LogP contribution in [0.4, 0.5) is 0 Å². The first-order chi connectivity index (χ1) is 6.74. The smallest absolute Gasteiger partial charge is 0.263 e. The molecule has 0 radical (unpaired) electrons. The van der Waals surface area contributed by atoms with E-state index in [1.165, 1.54) is 24.3 Å². The van der Waals surface area contributed by atoms with Crippen molar-refractivity contribution in [2.45, 2.75) is 44.2 Å². The summed E-state index contributed by atoms with van der Waals surface area (Å²) in [5.41, 5.74) is 5.78. The summed E-state index contributed by atoms with van der Waals surface area (Å²) in [6.07, 6.45) is 5.55. The second kappa shape index (κ2) is 3.87. The van der Waals surface area contributed by atoms with Crippen molar-refractivity contribution in [3.05, 3.63) is 0 Å². The third-order valence-electron chi connectivity index (χ3n) is 3.46. The maximum atomic E-state index is 11.7. The van der Waals surface area contributed by atoms with E-state index in [2.05, 4.69) is 0 Å². The molecule has 2 N–H and O–H groups in total. The van der Waals surface area contributed by atoms with Gasteiger partial charge >= 0.3 is 0 Å². The van der Waals surface area contributed by atoms with Crippen LogP contribution in [0.5, 0.6) is 0 Å². The molecule has 1 saturated carbocycles. The van der Waals surface area contributed by atoms with Crippen molar-refractivity contribution in [3.8, 4) is 0 Å². The zero-order valence-electron chi connectivity index (χ0n) is 8.61. The second-order valence-corrected chi connectivity index (χ2v) is 4.30. The molecule has 2 fully saturated rings. The molecule has 0 bridgehead atoms. The van der Waals surface area contributed by atoms with Gasteiger partial charge in [-0.05, 0) is 25.2 Å². The van der Waals surface area contributed by atoms with Crippen LogP contribution in [-0.4, -0.2) is 30.2 Å². The minimum atomic E-state index is -0.353. The van der Waals surface area contributed by atoms with E-state index in [4.69, 9.17) is 10.6 Å². The molecule has 3 unspecified atom stereocenters. The summed E-state index contributed by atoms with van der Waals surface area (Å²) < 4.78 is 0. The predicted octanol–water partition coefficient (Wildman–Crippen LogP) is 0.666. The van der Waals surface area contributed by atoms with Gasteiger partial charge in [0.25, 0.3) is 5.91 Å². The molecule has 3 atom stereocenters. The average Bonchev–Trinajstić information content (AvgIpc) is 2.20. The zero-order chi connectivity index (χ0) is 10.1. The summed E-state index contributed by atoms with van der Waals surface area (Å²) in [4.78, 5) is 16.8. The Hall–Kier alpha value is -0.610. The molecule has 14 heavy (non-hydrogen) atoms. The number of rotatable bonds is 1. The van der Waals surface area contributed by atoms with Gasteiger partial charge in [0, 0.05) is 0 Å². The third kappa shape index (κ3) is 1.53. The highest BCUT2D eigenvalue weighted by molar-refractivity contribution is 5.81. The molecule has 0 aromatic heterocycles. The van der Waals surface area contributed by atoms with Gasteiger partial charge in [0.1, 0.15) is 0 Å². The number of carbonyl (C=O) groups excluding carboxylic acids is 1. The van der Waals surface area contributed by atoms with Crippen LogP contribution in [0.15, 0.2) is 0 Å². The van der Waals surface area contributed by atoms with Crippen LogP contribution in [0.3, 0.4) is 0 Å². The summed E-state index contributed by atoms with van der Waals surface area (Å²) in [5, 5.41) is 1.51. The van der Waals surface area contributed by atoms with Crippen molar-refractivity contribution in [3.63, 3.8) is 0 Å². The highest BCUT2D eigenvalue weighted by atomic mass is 16.7. The fraction of sp³-hybridized carbons (Fsp3) is 0.900. The van der Waals surface area contributed by atoms with Gasteiger partial charge in [-0.2, -0.15) is 0 Å². The number of amides is 1. The van der Waals surface area contributed by atoms with E-state index in [0.717, 1.165) is 12.8 Å². The standard InChI is InChI=1S/C10H18N2O2/c1-14-12-9-5-3-2-4-7(9)6-8(11)10(12)13/h7-9H,2-6,11H2,1H3. The highest BCUT2D eigenvalue weighted by Gasteiger charge is 2.41. The molecular formula is C10H18N2O2. The van der Waals surface area contributed by atoms with Crippen molar-refractivity contribution in [2.75, 3.05) is 7.11 Å². The van der Waals surface area contributed by atoms with E-state index in [1.54, 1.807) is 7.11 Å². The zero-order valence-corrected chi connectivity index (χ0v) is 8.61. The Labute approximate surface area is 84.3 Å². The molecule has 1 aliphatic heterocycles. The molecule has 1 saturated heterocycles. The molecule has 80 valence electrons. The topological polar surface area (TPSA) is 55.6 Å². The molecule has 0 aromatic carbocycles. The maximum absolute atomic E-state index is 11.7. The fourth-order valence-corrected chi connectivity index (χ4v) is 2.75. The van der Waals surface area contributed by atoms with E-state index < -0.39 is 0 Å². The SMILES string of the molecule is CON1C(=O)C(N)CC2CCCCC21. The Bertz CT molecular complexity index is 232. The first-order valence-corrected chi connectivity index (χ1v) is 5.37. The van der Waals surface area contributed by atoms with Crippen LogP contribution in [0.1, 0.15) is 32.1 Å². The van der Waals surface area contributed by atoms with E-state index >= 15 is 0 Å². The first-order valence-electron chi connectivity index (χ1n) is 5.37. The number of hydroxylamine groups is 2. The van der Waals surface area contributed by atoms with Crippen LogP contribution in [0.2, 0.25) is 0 Å². The lowest BCUT2D eigenvalue weighted by molar-refractivity contribution is -0.208. The molecule has 1 heterocycles. The molecule has 0 spiro atoms. The van der Waals surface area contributed by atoms with Crippen LogP contribution in [-0.2, 0) is 9.63 Å². The Morgan fingerprint density at radius 3 is 2.86 bits per heavy atom. The Balaban J connectivity index is 2.14. The summed E-state index contributed by atoms with van der Waals surface area (Å²) in [6, 6.07) is -0.0738. The van der Waals surface area contributed by atoms with Crippen molar-refractivity contribution in [1.29, 1.82) is 0 Å². The molecule has 4 nitrogen and oxygen atoms in total. The Kier molecular flexibility index (Phi) is 2.74. The minimum Gasteiger partial charge on any atom is -0.320 e. The van der Waals surface area contributed by atoms with Crippen molar-refractivity contribution >= 4 is 5.91 Å². The summed E-state index contributed by atoms with van der Waals surface area (Å²) in [5.74, 6) is 0.507. The van der Waals surface area contributed by atoms with Crippen molar-refractivity contribution in [2.24, 2.45) is 11.7 Å². The van der Waals surface area contributed by atoms with Gasteiger partial charge in [-0.1, -0.05) is 12.8 Å². The number of piperidine rings is 1. The minimum absolute atomic E-state index is 0.0457. The lowest BCUT2D eigenvalue weighted by Gasteiger charge is -2.44. The van der Waals surface area contributed by atoms with Gasteiger partial charge in [-0.3, -0.25) is 9.63 Å². The van der Waals surface area contributed by atoms with Gasteiger partial charge in [-0.15, -0.1) is 0 Å². The van der Waals surface area contributed by atoms with Crippen LogP contribution >= 0.6 is 0 Å². The second-order valence-electron chi connectivity index (χ2n) is 4.30. The lowest BCUT2D eigenvalue weighted by atomic mass is 9.78. The maximum Gasteiger partial charge on any atom is 0.263 e. The molecule has 1 aliphatic carbocycles. The highest BCUT2D eigenvalue weighted by Crippen LogP contribution is 2.35. The molecule has 4 heteroatoms. The summed E-state index contributed by atoms with van der Waals surface area (Å²) in [6.45, 7) is 0. The monoisotopic (exact) mass is 198 g/mol. The van der Waals surface area contributed by atoms with Gasteiger partial charge in [-0.25, -0.2) is 5.06 Å². The van der Waals surface area contributed by atoms with E-state index in [9.17, 15) is 4.79 Å². The van der Waals surface area contributed by atoms with Crippen molar-refractivity contribution in [1.82, 2.24) is 5.06 Å². The number of hydrogen-bond acceptors (Lipinski definition) is 3. The van der Waals surface area contributed by atoms with Crippen molar-refractivity contribution < 1.29 is 9.63 Å². The third-order valence-corrected chi connectivity index (χ3v) is 3.46. The van der Waals surface area contributed by atoms with Crippen LogP contribution in [0.25, 0.3) is 0 Å². The average molecular weight is 198 g/mol. The number of nitrogens with zero attached hydrogens (tertiary/aromatic N) is 1. The Morgan fingerprint density at radius 1 is 1.43 bits per heavy atom. The van der Waals surface area contributed by atoms with E-state index in [1.807, 2.05) is 0 Å². The number of hydrogen-bond donors (Lipinski definition) is 1. The lowest BCUT2D eigenvalue weighted by Crippen LogP contribution is -2.57. The number of carbonyl (C=O) groups is 1. The molecule has 2 aliphatic rings. The predicted molar refractivity (Wildman–Crippen MR) is 52.2 cm³/mol. The summed E-state index contributed by atoms with van der Waals surface area (Å²) in [7, 11) is 1.56. The normalized spacial score (nSPS) is 38.3. The van der Waals surface area contributed by atoms with Gasteiger partial charge in [0.05, 0.1) is 19.2 Å². The van der Waals surface area contributed by atoms with Gasteiger partial charge in [0.2, 0.25) is 0 Å². The number of fused-ring (bicyclic) bond motifs is 1. The molecule has 1 amide bonds. The first kappa shape index (κ1) is 9.93. The molecular weight excluding hydrogens is 180 g/mol. The Morgan fingerprint density at radius 2 is 2.14 bits per heavy atom. The summed E-state index contributed by atoms with van der Waals surface area (Å²) >= 11 is 0. The van der Waals surface area contributed by atoms with Crippen LogP contribution < -0.4 is 5.73 Å². The largest absolute Gasteiger partial charge is 0.320 e. The number of nitrogens with two attached hydrogens (primary N) is 1. The quantitative estimate of drug-likeness (QED) is 0.673. The fourth-order valence-electron chi connectivity index (χ4n) is 2.75. The van der Waals surface area contributed by atoms with Gasteiger partial charge < -0.3 is 5.73 Å². The molecule has 0 aromatic rings. The molecule has 2 rings (SSSR count). The van der Waals surface area contributed by atoms with E-state index in [-0.39, 0.29) is 18.0 Å². The van der Waals surface area contributed by atoms with E-state index in [0.29, 0.717) is 5.92 Å². The van der Waals surface area contributed by atoms with Crippen LogP contribution in [0, 0.1) is 5.92 Å².